The highest BCUT2D eigenvalue weighted by atomic mass is 16.6. The van der Waals surface area contributed by atoms with E-state index in [9.17, 15) is 5.11 Å². The van der Waals surface area contributed by atoms with Gasteiger partial charge in [0.25, 0.3) is 0 Å². The van der Waals surface area contributed by atoms with Crippen LogP contribution in [0.3, 0.4) is 0 Å². The molecule has 35 heavy (non-hydrogen) atoms. The van der Waals surface area contributed by atoms with Crippen molar-refractivity contribution in [2.75, 3.05) is 6.61 Å². The molecule has 1 N–H and O–H groups in total. The van der Waals surface area contributed by atoms with E-state index in [1.165, 1.54) is 0 Å². The van der Waals surface area contributed by atoms with Crippen molar-refractivity contribution in [1.82, 2.24) is 0 Å². The van der Waals surface area contributed by atoms with Gasteiger partial charge in [0.2, 0.25) is 0 Å². The van der Waals surface area contributed by atoms with Gasteiger partial charge in [0.1, 0.15) is 24.4 Å². The smallest absolute Gasteiger partial charge is 0.115 e. The van der Waals surface area contributed by atoms with E-state index in [0.29, 0.717) is 32.8 Å². The van der Waals surface area contributed by atoms with Gasteiger partial charge in [-0.25, -0.2) is 0 Å². The van der Waals surface area contributed by atoms with E-state index in [4.69, 9.17) is 18.9 Å². The van der Waals surface area contributed by atoms with Crippen molar-refractivity contribution in [3.8, 4) is 0 Å². The lowest BCUT2D eigenvalue weighted by atomic mass is 9.93. The summed E-state index contributed by atoms with van der Waals surface area (Å²) in [6.45, 7) is 5.37. The van der Waals surface area contributed by atoms with E-state index < -0.39 is 30.5 Å². The van der Waals surface area contributed by atoms with Crippen LogP contribution in [0.15, 0.2) is 104 Å². The topological polar surface area (TPSA) is 57.2 Å². The van der Waals surface area contributed by atoms with Crippen LogP contribution in [0.25, 0.3) is 0 Å². The Morgan fingerprint density at radius 2 is 1.17 bits per heavy atom. The Morgan fingerprint density at radius 1 is 0.686 bits per heavy atom. The first-order valence-corrected chi connectivity index (χ1v) is 12.1. The van der Waals surface area contributed by atoms with Crippen molar-refractivity contribution in [2.45, 2.75) is 56.8 Å². The van der Waals surface area contributed by atoms with Crippen LogP contribution in [-0.2, 0) is 38.8 Å². The van der Waals surface area contributed by atoms with Crippen LogP contribution >= 0.6 is 0 Å². The summed E-state index contributed by atoms with van der Waals surface area (Å²) in [6, 6.07) is 29.9. The Hall–Kier alpha value is -2.80. The molecule has 0 aliphatic carbocycles. The lowest BCUT2D eigenvalue weighted by molar-refractivity contribution is -0.260. The van der Waals surface area contributed by atoms with Gasteiger partial charge in [0.15, 0.2) is 0 Å². The van der Waals surface area contributed by atoms with Gasteiger partial charge in [-0.05, 0) is 23.1 Å². The van der Waals surface area contributed by atoms with Crippen LogP contribution in [0.1, 0.15) is 23.1 Å². The quantitative estimate of drug-likeness (QED) is 0.371. The van der Waals surface area contributed by atoms with Crippen molar-refractivity contribution in [3.63, 3.8) is 0 Å². The van der Waals surface area contributed by atoms with Gasteiger partial charge in [0.05, 0.1) is 32.5 Å². The zero-order chi connectivity index (χ0) is 24.3. The van der Waals surface area contributed by atoms with Crippen LogP contribution in [-0.4, -0.2) is 42.2 Å². The summed E-state index contributed by atoms with van der Waals surface area (Å²) in [5.41, 5.74) is 3.16. The van der Waals surface area contributed by atoms with Crippen molar-refractivity contribution in [3.05, 3.63) is 120 Å². The summed E-state index contributed by atoms with van der Waals surface area (Å²) in [5, 5.41) is 11.2. The maximum Gasteiger partial charge on any atom is 0.115 e. The molecule has 0 saturated carbocycles. The highest BCUT2D eigenvalue weighted by molar-refractivity contribution is 5.15. The van der Waals surface area contributed by atoms with Gasteiger partial charge in [-0.2, -0.15) is 0 Å². The highest BCUT2D eigenvalue weighted by Crippen LogP contribution is 2.30. The zero-order valence-corrected chi connectivity index (χ0v) is 19.9. The van der Waals surface area contributed by atoms with Gasteiger partial charge in [0, 0.05) is 0 Å². The van der Waals surface area contributed by atoms with Crippen molar-refractivity contribution in [2.24, 2.45) is 0 Å². The molecule has 0 radical (unpaired) electrons. The number of ether oxygens (including phenoxy) is 4. The normalized spacial score (nSPS) is 24.2. The monoisotopic (exact) mass is 474 g/mol. The molecule has 1 saturated heterocycles. The van der Waals surface area contributed by atoms with Gasteiger partial charge < -0.3 is 24.1 Å². The second kappa shape index (κ2) is 13.3. The predicted octanol–water partition coefficient (Wildman–Crippen LogP) is 5.08. The average Bonchev–Trinajstić information content (AvgIpc) is 2.90. The van der Waals surface area contributed by atoms with E-state index >= 15 is 0 Å². The first kappa shape index (κ1) is 25.3. The summed E-state index contributed by atoms with van der Waals surface area (Å²) in [4.78, 5) is 0. The van der Waals surface area contributed by atoms with E-state index in [2.05, 4.69) is 6.58 Å². The molecule has 0 amide bonds. The third-order valence-corrected chi connectivity index (χ3v) is 6.12. The lowest BCUT2D eigenvalue weighted by Crippen LogP contribution is -2.60. The van der Waals surface area contributed by atoms with Gasteiger partial charge in [-0.1, -0.05) is 97.1 Å². The second-order valence-corrected chi connectivity index (χ2v) is 8.75. The summed E-state index contributed by atoms with van der Waals surface area (Å²) >= 11 is 0. The largest absolute Gasteiger partial charge is 0.388 e. The fourth-order valence-corrected chi connectivity index (χ4v) is 4.29. The average molecular weight is 475 g/mol. The summed E-state index contributed by atoms with van der Waals surface area (Å²) in [7, 11) is 0. The Bertz CT molecular complexity index is 995. The molecule has 5 heteroatoms. The van der Waals surface area contributed by atoms with Crippen LogP contribution in [0.4, 0.5) is 0 Å². The number of aliphatic hydroxyl groups excluding tert-OH is 1. The summed E-state index contributed by atoms with van der Waals surface area (Å²) in [6.07, 6.45) is -0.537. The Kier molecular flexibility index (Phi) is 9.64. The second-order valence-electron chi connectivity index (χ2n) is 8.75. The maximum absolute atomic E-state index is 11.2. The standard InChI is InChI=1S/C30H34O5/c1-2-12-26-28(31)30(34-21-25-17-10-5-11-18-25)29(33-20-24-15-8-4-9-16-24)27(35-26)22-32-19-23-13-6-3-7-14-23/h2-11,13-18,26-31H,1,12,19-22H2/t26-,27-,28-,29-,30-/m1/s1. The summed E-state index contributed by atoms with van der Waals surface area (Å²) < 4.78 is 25.0. The molecule has 0 unspecified atom stereocenters. The third-order valence-electron chi connectivity index (χ3n) is 6.12. The molecule has 4 rings (SSSR count). The molecule has 0 spiro atoms. The number of hydrogen-bond donors (Lipinski definition) is 1. The fourth-order valence-electron chi connectivity index (χ4n) is 4.29. The SMILES string of the molecule is C=CC[C@H]1O[C@H](COCc2ccccc2)[C@@H](OCc2ccccc2)[C@H](OCc2ccccc2)[C@@H]1O. The van der Waals surface area contributed by atoms with Gasteiger partial charge in [-0.15, -0.1) is 6.58 Å². The first-order chi connectivity index (χ1) is 17.2. The molecule has 184 valence electrons. The van der Waals surface area contributed by atoms with Gasteiger partial charge >= 0.3 is 0 Å². The predicted molar refractivity (Wildman–Crippen MR) is 136 cm³/mol. The van der Waals surface area contributed by atoms with Crippen molar-refractivity contribution < 1.29 is 24.1 Å². The van der Waals surface area contributed by atoms with Gasteiger partial charge in [-0.3, -0.25) is 0 Å². The molecule has 5 atom stereocenters. The molecule has 5 nitrogen and oxygen atoms in total. The summed E-state index contributed by atoms with van der Waals surface area (Å²) in [5.74, 6) is 0. The lowest BCUT2D eigenvalue weighted by Gasteiger charge is -2.44. The molecule has 0 aromatic heterocycles. The fraction of sp³-hybridized carbons (Fsp3) is 0.333. The van der Waals surface area contributed by atoms with Crippen LogP contribution in [0.2, 0.25) is 0 Å². The van der Waals surface area contributed by atoms with Crippen LogP contribution in [0, 0.1) is 0 Å². The zero-order valence-electron chi connectivity index (χ0n) is 19.9. The Morgan fingerprint density at radius 3 is 1.69 bits per heavy atom. The van der Waals surface area contributed by atoms with Crippen LogP contribution < -0.4 is 0 Å². The Balaban J connectivity index is 1.50. The van der Waals surface area contributed by atoms with Crippen molar-refractivity contribution >= 4 is 0 Å². The first-order valence-electron chi connectivity index (χ1n) is 12.1. The van der Waals surface area contributed by atoms with E-state index in [1.54, 1.807) is 6.08 Å². The van der Waals surface area contributed by atoms with Crippen LogP contribution in [0.5, 0.6) is 0 Å². The number of hydrogen-bond acceptors (Lipinski definition) is 5. The molecule has 1 aliphatic heterocycles. The number of benzene rings is 3. The maximum atomic E-state index is 11.2. The minimum atomic E-state index is -0.858. The van der Waals surface area contributed by atoms with E-state index in [1.807, 2.05) is 91.0 Å². The molecular formula is C30H34O5. The Labute approximate surface area is 207 Å². The van der Waals surface area contributed by atoms with Crippen molar-refractivity contribution in [1.29, 1.82) is 0 Å². The molecule has 0 bridgehead atoms. The molecular weight excluding hydrogens is 440 g/mol. The number of aliphatic hydroxyl groups is 1. The molecule has 3 aromatic carbocycles. The molecule has 1 heterocycles. The third kappa shape index (κ3) is 7.34. The van der Waals surface area contributed by atoms with E-state index in [-0.39, 0.29) is 0 Å². The molecule has 1 fully saturated rings. The van der Waals surface area contributed by atoms with E-state index in [0.717, 1.165) is 16.7 Å². The molecule has 3 aromatic rings. The molecule has 1 aliphatic rings. The minimum Gasteiger partial charge on any atom is -0.388 e. The highest BCUT2D eigenvalue weighted by Gasteiger charge is 2.46. The number of rotatable bonds is 12. The minimum absolute atomic E-state index is 0.319.